The molecule has 3 aliphatic rings. The smallest absolute Gasteiger partial charge is 0.310 e. The van der Waals surface area contributed by atoms with E-state index >= 15 is 0 Å². The van der Waals surface area contributed by atoms with Gasteiger partial charge in [-0.15, -0.1) is 0 Å². The van der Waals surface area contributed by atoms with Crippen molar-refractivity contribution in [3.05, 3.63) is 0 Å². The summed E-state index contributed by atoms with van der Waals surface area (Å²) in [7, 11) is 1.46. The fraction of sp³-hybridized carbons (Fsp3) is 0.857. The highest BCUT2D eigenvalue weighted by atomic mass is 16.5. The molecule has 2 bridgehead atoms. The maximum atomic E-state index is 11.0. The van der Waals surface area contributed by atoms with E-state index in [1.165, 1.54) is 13.5 Å². The van der Waals surface area contributed by atoms with E-state index in [4.69, 9.17) is 0 Å². The van der Waals surface area contributed by atoms with Gasteiger partial charge < -0.3 is 10.1 Å². The zero-order chi connectivity index (χ0) is 7.14. The molecular formula is C7H11NO2. The van der Waals surface area contributed by atoms with Gasteiger partial charge >= 0.3 is 5.97 Å². The molecule has 0 aromatic heterocycles. The summed E-state index contributed by atoms with van der Waals surface area (Å²) in [6.07, 6.45) is 1.17. The van der Waals surface area contributed by atoms with Crippen molar-refractivity contribution in [2.24, 2.45) is 11.8 Å². The number of carbonyl (C=O) groups excluding carboxylic acids is 1. The average molecular weight is 141 g/mol. The molecule has 3 nitrogen and oxygen atoms in total. The number of ether oxygens (including phenoxy) is 1. The van der Waals surface area contributed by atoms with Crippen LogP contribution in [0, 0.1) is 11.8 Å². The van der Waals surface area contributed by atoms with Crippen molar-refractivity contribution in [2.75, 3.05) is 13.7 Å². The van der Waals surface area contributed by atoms with Gasteiger partial charge in [-0.05, 0) is 18.9 Å². The zero-order valence-corrected chi connectivity index (χ0v) is 5.96. The second-order valence-electron chi connectivity index (χ2n) is 3.06. The van der Waals surface area contributed by atoms with Crippen LogP contribution in [0.15, 0.2) is 0 Å². The van der Waals surface area contributed by atoms with Gasteiger partial charge in [-0.2, -0.15) is 0 Å². The lowest BCUT2D eigenvalue weighted by atomic mass is 9.74. The highest BCUT2D eigenvalue weighted by Gasteiger charge is 2.51. The quantitative estimate of drug-likeness (QED) is 0.512. The van der Waals surface area contributed by atoms with E-state index in [0.29, 0.717) is 12.0 Å². The van der Waals surface area contributed by atoms with Gasteiger partial charge in [0, 0.05) is 6.04 Å². The fourth-order valence-electron chi connectivity index (χ4n) is 1.97. The number of hydrogen-bond acceptors (Lipinski definition) is 3. The third-order valence-electron chi connectivity index (χ3n) is 2.61. The summed E-state index contributed by atoms with van der Waals surface area (Å²) >= 11 is 0. The summed E-state index contributed by atoms with van der Waals surface area (Å²) < 4.78 is 4.66. The normalized spacial score (nSPS) is 42.7. The van der Waals surface area contributed by atoms with E-state index in [2.05, 4.69) is 10.1 Å². The van der Waals surface area contributed by atoms with Crippen LogP contribution >= 0.6 is 0 Å². The molecule has 0 unspecified atom stereocenters. The minimum absolute atomic E-state index is 0.0359. The Hall–Kier alpha value is -0.570. The van der Waals surface area contributed by atoms with E-state index in [0.717, 1.165) is 6.54 Å². The lowest BCUT2D eigenvalue weighted by molar-refractivity contribution is -0.150. The summed E-state index contributed by atoms with van der Waals surface area (Å²) in [5.74, 6) is 0.702. The largest absolute Gasteiger partial charge is 0.469 e. The van der Waals surface area contributed by atoms with Crippen LogP contribution in [0.5, 0.6) is 0 Å². The predicted molar refractivity (Wildman–Crippen MR) is 35.4 cm³/mol. The van der Waals surface area contributed by atoms with Crippen LogP contribution < -0.4 is 5.32 Å². The maximum Gasteiger partial charge on any atom is 0.310 e. The fourth-order valence-corrected chi connectivity index (χ4v) is 1.97. The molecule has 1 saturated carbocycles. The summed E-state index contributed by atoms with van der Waals surface area (Å²) in [5, 5.41) is 3.26. The highest BCUT2D eigenvalue weighted by Crippen LogP contribution is 2.40. The van der Waals surface area contributed by atoms with Gasteiger partial charge in [0.15, 0.2) is 0 Å². The number of nitrogens with one attached hydrogen (secondary N) is 1. The molecule has 3 rings (SSSR count). The van der Waals surface area contributed by atoms with Crippen LogP contribution in [0.4, 0.5) is 0 Å². The van der Waals surface area contributed by atoms with Gasteiger partial charge in [0.25, 0.3) is 0 Å². The van der Waals surface area contributed by atoms with Crippen LogP contribution in [0.25, 0.3) is 0 Å². The first kappa shape index (κ1) is 6.16. The Morgan fingerprint density at radius 3 is 2.90 bits per heavy atom. The second-order valence-corrected chi connectivity index (χ2v) is 3.06. The van der Waals surface area contributed by atoms with Gasteiger partial charge in [0.2, 0.25) is 0 Å². The Morgan fingerprint density at radius 2 is 2.50 bits per heavy atom. The van der Waals surface area contributed by atoms with Crippen molar-refractivity contribution in [1.29, 1.82) is 0 Å². The van der Waals surface area contributed by atoms with Gasteiger partial charge in [0.05, 0.1) is 13.0 Å². The minimum Gasteiger partial charge on any atom is -0.469 e. The van der Waals surface area contributed by atoms with Crippen LogP contribution in [0.2, 0.25) is 0 Å². The summed E-state index contributed by atoms with van der Waals surface area (Å²) in [5.41, 5.74) is 0. The first-order valence-corrected chi connectivity index (χ1v) is 3.64. The van der Waals surface area contributed by atoms with E-state index in [1.54, 1.807) is 0 Å². The molecule has 0 radical (unpaired) electrons. The number of fused-ring (bicyclic) bond motifs is 1. The Bertz CT molecular complexity index is 155. The molecule has 0 aromatic rings. The Kier molecular flexibility index (Phi) is 1.20. The van der Waals surface area contributed by atoms with Crippen LogP contribution in [-0.2, 0) is 9.53 Å². The number of esters is 1. The molecule has 0 spiro atoms. The third kappa shape index (κ3) is 0.611. The summed E-state index contributed by atoms with van der Waals surface area (Å²) in [6.45, 7) is 1.00. The topological polar surface area (TPSA) is 38.3 Å². The van der Waals surface area contributed by atoms with Crippen molar-refractivity contribution >= 4 is 5.97 Å². The second kappa shape index (κ2) is 1.95. The number of carbonyl (C=O) groups is 1. The van der Waals surface area contributed by atoms with Crippen molar-refractivity contribution in [3.63, 3.8) is 0 Å². The summed E-state index contributed by atoms with van der Waals surface area (Å²) in [6, 6.07) is 0.428. The Balaban J connectivity index is 2.02. The predicted octanol–water partition coefficient (Wildman–Crippen LogP) is -0.233. The first-order valence-electron chi connectivity index (χ1n) is 3.64. The standard InChI is InChI=1S/C7H11NO2/c1-10-7(9)6-4-2-5(6)8-3-4/h4-6,8H,2-3H2,1H3/t4-,5+,6+/m1/s1. The molecule has 0 aromatic carbocycles. The van der Waals surface area contributed by atoms with E-state index in [1.807, 2.05) is 0 Å². The number of methoxy groups -OCH3 is 1. The zero-order valence-electron chi connectivity index (χ0n) is 5.96. The van der Waals surface area contributed by atoms with Gasteiger partial charge in [-0.1, -0.05) is 0 Å². The van der Waals surface area contributed by atoms with Gasteiger partial charge in [-0.25, -0.2) is 0 Å². The monoisotopic (exact) mass is 141 g/mol. The lowest BCUT2D eigenvalue weighted by Crippen LogP contribution is -2.42. The molecule has 3 fully saturated rings. The van der Waals surface area contributed by atoms with Crippen LogP contribution in [0.3, 0.4) is 0 Å². The Morgan fingerprint density at radius 1 is 1.70 bits per heavy atom. The third-order valence-corrected chi connectivity index (χ3v) is 2.61. The molecule has 10 heavy (non-hydrogen) atoms. The molecule has 0 amide bonds. The van der Waals surface area contributed by atoms with E-state index < -0.39 is 0 Å². The summed E-state index contributed by atoms with van der Waals surface area (Å²) in [4.78, 5) is 11.0. The molecule has 1 N–H and O–H groups in total. The maximum absolute atomic E-state index is 11.0. The molecule has 3 atom stereocenters. The minimum atomic E-state index is -0.0359. The van der Waals surface area contributed by atoms with E-state index in [-0.39, 0.29) is 11.9 Å². The number of rotatable bonds is 1. The molecule has 2 saturated heterocycles. The van der Waals surface area contributed by atoms with Crippen molar-refractivity contribution in [3.8, 4) is 0 Å². The average Bonchev–Trinajstić information content (AvgIpc) is 2.44. The Labute approximate surface area is 59.7 Å². The molecular weight excluding hydrogens is 130 g/mol. The molecule has 2 aliphatic heterocycles. The van der Waals surface area contributed by atoms with Gasteiger partial charge in [-0.3, -0.25) is 4.79 Å². The lowest BCUT2D eigenvalue weighted by Gasteiger charge is -2.31. The van der Waals surface area contributed by atoms with Gasteiger partial charge in [0.1, 0.15) is 0 Å². The number of hydrogen-bond donors (Lipinski definition) is 1. The van der Waals surface area contributed by atoms with Crippen molar-refractivity contribution in [1.82, 2.24) is 5.32 Å². The van der Waals surface area contributed by atoms with E-state index in [9.17, 15) is 4.79 Å². The SMILES string of the molecule is COC(=O)[C@H]1[C@H]2CN[C@H]1C2. The molecule has 3 heteroatoms. The molecule has 1 aliphatic carbocycles. The van der Waals surface area contributed by atoms with Crippen LogP contribution in [-0.4, -0.2) is 25.7 Å². The first-order chi connectivity index (χ1) is 4.83. The highest BCUT2D eigenvalue weighted by molar-refractivity contribution is 5.75. The van der Waals surface area contributed by atoms with Crippen molar-refractivity contribution in [2.45, 2.75) is 12.5 Å². The van der Waals surface area contributed by atoms with Crippen LogP contribution in [0.1, 0.15) is 6.42 Å². The molecule has 2 heterocycles. The molecule has 56 valence electrons. The van der Waals surface area contributed by atoms with Crippen molar-refractivity contribution < 1.29 is 9.53 Å².